The fraction of sp³-hybridized carbons (Fsp3) is 1.00. The Morgan fingerprint density at radius 3 is 1.88 bits per heavy atom. The SMILES string of the molecule is COP(=S)(OC)SBr. The maximum atomic E-state index is 4.89. The zero-order valence-corrected chi connectivity index (χ0v) is 8.57. The van der Waals surface area contributed by atoms with Gasteiger partial charge in [0.25, 0.3) is 5.69 Å². The van der Waals surface area contributed by atoms with Crippen LogP contribution in [0.4, 0.5) is 0 Å². The summed E-state index contributed by atoms with van der Waals surface area (Å²) in [7, 11) is 4.35. The molecular formula is C2H6BrO2PS2. The Balaban J connectivity index is 3.79. The molecule has 0 N–H and O–H groups in total. The van der Waals surface area contributed by atoms with Gasteiger partial charge in [0.2, 0.25) is 0 Å². The van der Waals surface area contributed by atoms with Crippen molar-refractivity contribution in [3.8, 4) is 0 Å². The Hall–Kier alpha value is 1.40. The first-order valence-electron chi connectivity index (χ1n) is 1.70. The quantitative estimate of drug-likeness (QED) is 0.702. The van der Waals surface area contributed by atoms with Gasteiger partial charge >= 0.3 is 0 Å². The van der Waals surface area contributed by atoms with E-state index in [2.05, 4.69) is 14.8 Å². The number of rotatable bonds is 3. The smallest absolute Gasteiger partial charge is 0.257 e. The first-order chi connectivity index (χ1) is 3.68. The largest absolute Gasteiger partial charge is 0.324 e. The lowest BCUT2D eigenvalue weighted by molar-refractivity contribution is 0.354. The lowest BCUT2D eigenvalue weighted by Crippen LogP contribution is -1.78. The zero-order chi connectivity index (χ0) is 6.62. The molecule has 0 radical (unpaired) electrons. The standard InChI is InChI=1S/C2H6BrO2PS2/c1-4-6(7,5-2)8-3/h1-2H3. The van der Waals surface area contributed by atoms with E-state index >= 15 is 0 Å². The van der Waals surface area contributed by atoms with E-state index in [-0.39, 0.29) is 0 Å². The summed E-state index contributed by atoms with van der Waals surface area (Å²) in [6.07, 6.45) is 0. The third kappa shape index (κ3) is 2.80. The molecule has 0 aromatic carbocycles. The monoisotopic (exact) mass is 236 g/mol. The van der Waals surface area contributed by atoms with Crippen LogP contribution in [0.2, 0.25) is 0 Å². The van der Waals surface area contributed by atoms with Crippen LogP contribution in [0.1, 0.15) is 0 Å². The molecule has 0 spiro atoms. The molecule has 0 aliphatic carbocycles. The van der Waals surface area contributed by atoms with E-state index in [4.69, 9.17) is 20.9 Å². The lowest BCUT2D eigenvalue weighted by atomic mass is 11.8. The van der Waals surface area contributed by atoms with E-state index in [0.29, 0.717) is 0 Å². The van der Waals surface area contributed by atoms with E-state index in [1.54, 1.807) is 14.2 Å². The van der Waals surface area contributed by atoms with Crippen molar-refractivity contribution in [3.05, 3.63) is 0 Å². The number of hydrogen-bond acceptors (Lipinski definition) is 4. The predicted molar refractivity (Wildman–Crippen MR) is 44.8 cm³/mol. The molecule has 0 saturated carbocycles. The summed E-state index contributed by atoms with van der Waals surface area (Å²) in [5, 5.41) is 0. The maximum absolute atomic E-state index is 4.89. The van der Waals surface area contributed by atoms with Crippen molar-refractivity contribution in [1.29, 1.82) is 0 Å². The molecule has 0 fully saturated rings. The molecule has 0 aromatic rings. The normalized spacial score (nSPS) is 11.9. The summed E-state index contributed by atoms with van der Waals surface area (Å²) in [5.41, 5.74) is -2.00. The minimum Gasteiger partial charge on any atom is -0.324 e. The molecule has 0 amide bonds. The first-order valence-corrected chi connectivity index (χ1v) is 7.60. The van der Waals surface area contributed by atoms with Gasteiger partial charge in [-0.05, 0) is 26.6 Å². The summed E-state index contributed by atoms with van der Waals surface area (Å²) < 4.78 is 9.71. The van der Waals surface area contributed by atoms with Crippen LogP contribution < -0.4 is 0 Å². The Kier molecular flexibility index (Phi) is 5.00. The molecule has 50 valence electrons. The van der Waals surface area contributed by atoms with Gasteiger partial charge in [0.1, 0.15) is 0 Å². The second-order valence-electron chi connectivity index (χ2n) is 0.881. The van der Waals surface area contributed by atoms with Gasteiger partial charge in [0.15, 0.2) is 0 Å². The lowest BCUT2D eigenvalue weighted by Gasteiger charge is -2.11. The van der Waals surface area contributed by atoms with Crippen LogP contribution in [0.5, 0.6) is 0 Å². The Labute approximate surface area is 65.4 Å². The molecule has 0 unspecified atom stereocenters. The third-order valence-electron chi connectivity index (χ3n) is 0.532. The van der Waals surface area contributed by atoms with E-state index in [1.807, 2.05) is 0 Å². The second-order valence-corrected chi connectivity index (χ2v) is 9.24. The summed E-state index contributed by atoms with van der Waals surface area (Å²) in [6.45, 7) is 0. The van der Waals surface area contributed by atoms with Gasteiger partial charge in [-0.15, -0.1) is 0 Å². The molecule has 0 aromatic heterocycles. The van der Waals surface area contributed by atoms with Crippen molar-refractivity contribution < 1.29 is 9.05 Å². The van der Waals surface area contributed by atoms with Crippen LogP contribution in [0, 0.1) is 0 Å². The fourth-order valence-corrected chi connectivity index (χ4v) is 2.86. The highest BCUT2D eigenvalue weighted by Gasteiger charge is 2.12. The van der Waals surface area contributed by atoms with Gasteiger partial charge in [0, 0.05) is 24.0 Å². The van der Waals surface area contributed by atoms with Gasteiger partial charge in [-0.3, -0.25) is 0 Å². The maximum Gasteiger partial charge on any atom is 0.257 e. The number of halogens is 1. The van der Waals surface area contributed by atoms with E-state index in [0.717, 1.165) is 0 Å². The fourth-order valence-electron chi connectivity index (χ4n) is 0.131. The molecule has 0 aliphatic heterocycles. The molecule has 0 aliphatic rings. The van der Waals surface area contributed by atoms with E-state index < -0.39 is 5.69 Å². The first kappa shape index (κ1) is 9.40. The predicted octanol–water partition coefficient (Wildman–Crippen LogP) is 2.55. The average molecular weight is 237 g/mol. The molecule has 0 heterocycles. The van der Waals surface area contributed by atoms with Gasteiger partial charge in [-0.25, -0.2) is 0 Å². The summed E-state index contributed by atoms with van der Waals surface area (Å²) in [6, 6.07) is 0. The minimum absolute atomic E-state index is 1.27. The van der Waals surface area contributed by atoms with Crippen LogP contribution >= 0.6 is 30.3 Å². The zero-order valence-electron chi connectivity index (χ0n) is 4.46. The molecule has 2 nitrogen and oxygen atoms in total. The van der Waals surface area contributed by atoms with Crippen molar-refractivity contribution in [3.63, 3.8) is 0 Å². The molecule has 0 saturated heterocycles. The highest BCUT2D eigenvalue weighted by atomic mass is 79.9. The van der Waals surface area contributed by atoms with Crippen LogP contribution in [0.15, 0.2) is 0 Å². The number of hydrogen-bond donors (Lipinski definition) is 0. The van der Waals surface area contributed by atoms with Crippen molar-refractivity contribution in [1.82, 2.24) is 0 Å². The van der Waals surface area contributed by atoms with Gasteiger partial charge < -0.3 is 9.05 Å². The van der Waals surface area contributed by atoms with Crippen molar-refractivity contribution in [2.75, 3.05) is 14.2 Å². The molecule has 0 bridgehead atoms. The topological polar surface area (TPSA) is 18.5 Å². The molecule has 6 heteroatoms. The van der Waals surface area contributed by atoms with Crippen LogP contribution in [-0.4, -0.2) is 14.2 Å². The van der Waals surface area contributed by atoms with E-state index in [9.17, 15) is 0 Å². The summed E-state index contributed by atoms with van der Waals surface area (Å²) in [5.74, 6) is 0. The van der Waals surface area contributed by atoms with Gasteiger partial charge in [0.05, 0.1) is 0 Å². The molecule has 0 atom stereocenters. The van der Waals surface area contributed by atoms with Crippen molar-refractivity contribution in [2.45, 2.75) is 0 Å². The Bertz CT molecular complexity index is 89.2. The minimum atomic E-state index is -2.00. The van der Waals surface area contributed by atoms with E-state index in [1.165, 1.54) is 9.82 Å². The molecular weight excluding hydrogens is 231 g/mol. The second kappa shape index (κ2) is 4.25. The third-order valence-corrected chi connectivity index (χ3v) is 9.72. The highest BCUT2D eigenvalue weighted by molar-refractivity contribution is 9.58. The Morgan fingerprint density at radius 1 is 1.50 bits per heavy atom. The molecule has 0 rings (SSSR count). The highest BCUT2D eigenvalue weighted by Crippen LogP contribution is 2.62. The summed E-state index contributed by atoms with van der Waals surface area (Å²) >= 11 is 7.99. The van der Waals surface area contributed by atoms with Crippen LogP contribution in [-0.2, 0) is 20.9 Å². The average Bonchev–Trinajstić information content (AvgIpc) is 1.87. The van der Waals surface area contributed by atoms with Crippen LogP contribution in [0.25, 0.3) is 0 Å². The van der Waals surface area contributed by atoms with Crippen molar-refractivity contribution in [2.24, 2.45) is 0 Å². The summed E-state index contributed by atoms with van der Waals surface area (Å²) in [4.78, 5) is 0. The molecule has 8 heavy (non-hydrogen) atoms. The van der Waals surface area contributed by atoms with Crippen LogP contribution in [0.3, 0.4) is 0 Å². The Morgan fingerprint density at radius 2 is 1.88 bits per heavy atom. The van der Waals surface area contributed by atoms with Gasteiger partial charge in [-0.1, -0.05) is 0 Å². The van der Waals surface area contributed by atoms with Gasteiger partial charge in [-0.2, -0.15) is 0 Å². The van der Waals surface area contributed by atoms with Crippen molar-refractivity contribution >= 4 is 42.1 Å².